The van der Waals surface area contributed by atoms with E-state index in [1.807, 2.05) is 32.0 Å². The highest BCUT2D eigenvalue weighted by molar-refractivity contribution is 6.00. The zero-order valence-electron chi connectivity index (χ0n) is 17.5. The number of hydrogen-bond acceptors (Lipinski definition) is 5. The zero-order valence-corrected chi connectivity index (χ0v) is 17.5. The molecule has 31 heavy (non-hydrogen) atoms. The average Bonchev–Trinajstić information content (AvgIpc) is 2.78. The molecule has 0 aliphatic carbocycles. The van der Waals surface area contributed by atoms with Crippen molar-refractivity contribution in [3.05, 3.63) is 83.9 Å². The summed E-state index contributed by atoms with van der Waals surface area (Å²) in [7, 11) is 1.50. The highest BCUT2D eigenvalue weighted by atomic mass is 16.5. The van der Waals surface area contributed by atoms with Crippen LogP contribution in [-0.2, 0) is 0 Å². The summed E-state index contributed by atoms with van der Waals surface area (Å²) in [6.07, 6.45) is -0.0361. The van der Waals surface area contributed by atoms with Gasteiger partial charge in [-0.25, -0.2) is 0 Å². The van der Waals surface area contributed by atoms with Gasteiger partial charge in [0.1, 0.15) is 11.5 Å². The molecule has 0 atom stereocenters. The molecule has 3 rings (SSSR count). The Balaban J connectivity index is 1.68. The van der Waals surface area contributed by atoms with Crippen molar-refractivity contribution in [2.75, 3.05) is 7.11 Å². The van der Waals surface area contributed by atoms with Crippen LogP contribution in [-0.4, -0.2) is 25.0 Å². The molecule has 0 aliphatic rings. The van der Waals surface area contributed by atoms with Gasteiger partial charge in [0.2, 0.25) is 0 Å². The molecule has 0 heterocycles. The summed E-state index contributed by atoms with van der Waals surface area (Å²) < 4.78 is 16.7. The molecule has 3 aromatic rings. The Kier molecular flexibility index (Phi) is 7.11. The van der Waals surface area contributed by atoms with E-state index >= 15 is 0 Å². The maximum Gasteiger partial charge on any atom is 0.273 e. The van der Waals surface area contributed by atoms with Gasteiger partial charge in [-0.05, 0) is 56.3 Å². The lowest BCUT2D eigenvalue weighted by molar-refractivity contribution is 0.0845. The van der Waals surface area contributed by atoms with Gasteiger partial charge < -0.3 is 14.2 Å². The minimum atomic E-state index is -0.508. The fourth-order valence-electron chi connectivity index (χ4n) is 2.77. The lowest BCUT2D eigenvalue weighted by Gasteiger charge is -2.15. The SMILES string of the molecule is COc1cc(C(=O)NNC(=O)c2ccccc2Oc2ccccc2)ccc1OC(C)C. The summed E-state index contributed by atoms with van der Waals surface area (Å²) in [4.78, 5) is 25.1. The molecule has 2 amide bonds. The highest BCUT2D eigenvalue weighted by Gasteiger charge is 2.16. The number of amides is 2. The molecule has 0 fully saturated rings. The predicted molar refractivity (Wildman–Crippen MR) is 117 cm³/mol. The van der Waals surface area contributed by atoms with Crippen molar-refractivity contribution >= 4 is 11.8 Å². The van der Waals surface area contributed by atoms with Crippen LogP contribution < -0.4 is 25.1 Å². The van der Waals surface area contributed by atoms with E-state index in [-0.39, 0.29) is 11.7 Å². The van der Waals surface area contributed by atoms with Gasteiger partial charge in [0.05, 0.1) is 18.8 Å². The summed E-state index contributed by atoms with van der Waals surface area (Å²) in [5, 5.41) is 0. The van der Waals surface area contributed by atoms with Crippen LogP contribution in [0, 0.1) is 0 Å². The molecular formula is C24H24N2O5. The standard InChI is InChI=1S/C24H24N2O5/c1-16(2)30-21-14-13-17(15-22(21)29-3)23(27)25-26-24(28)19-11-7-8-12-20(19)31-18-9-5-4-6-10-18/h4-16H,1-3H3,(H,25,27)(H,26,28). The molecule has 0 unspecified atom stereocenters. The second-order valence-corrected chi connectivity index (χ2v) is 6.85. The second-order valence-electron chi connectivity index (χ2n) is 6.85. The molecule has 3 aromatic carbocycles. The summed E-state index contributed by atoms with van der Waals surface area (Å²) in [6.45, 7) is 3.80. The molecular weight excluding hydrogens is 396 g/mol. The lowest BCUT2D eigenvalue weighted by atomic mass is 10.2. The summed E-state index contributed by atoms with van der Waals surface area (Å²) >= 11 is 0. The number of nitrogens with one attached hydrogen (secondary N) is 2. The van der Waals surface area contributed by atoms with Crippen molar-refractivity contribution in [3.8, 4) is 23.0 Å². The molecule has 7 nitrogen and oxygen atoms in total. The first-order valence-corrected chi connectivity index (χ1v) is 9.75. The topological polar surface area (TPSA) is 85.9 Å². The van der Waals surface area contributed by atoms with Crippen molar-refractivity contribution in [1.82, 2.24) is 10.9 Å². The smallest absolute Gasteiger partial charge is 0.273 e. The second kappa shape index (κ2) is 10.2. The van der Waals surface area contributed by atoms with Crippen LogP contribution >= 0.6 is 0 Å². The Morgan fingerprint density at radius 3 is 2.16 bits per heavy atom. The third kappa shape index (κ3) is 5.76. The van der Waals surface area contributed by atoms with Crippen LogP contribution in [0.3, 0.4) is 0 Å². The van der Waals surface area contributed by atoms with E-state index in [0.29, 0.717) is 28.6 Å². The molecule has 0 spiro atoms. The molecule has 0 aromatic heterocycles. The van der Waals surface area contributed by atoms with Gasteiger partial charge in [0.15, 0.2) is 11.5 Å². The fraction of sp³-hybridized carbons (Fsp3) is 0.167. The lowest BCUT2D eigenvalue weighted by Crippen LogP contribution is -2.41. The Morgan fingerprint density at radius 2 is 1.45 bits per heavy atom. The quantitative estimate of drug-likeness (QED) is 0.555. The van der Waals surface area contributed by atoms with E-state index < -0.39 is 11.8 Å². The van der Waals surface area contributed by atoms with E-state index in [9.17, 15) is 9.59 Å². The monoisotopic (exact) mass is 420 g/mol. The summed E-state index contributed by atoms with van der Waals surface area (Å²) in [5.41, 5.74) is 5.42. The third-order valence-electron chi connectivity index (χ3n) is 4.18. The fourth-order valence-corrected chi connectivity index (χ4v) is 2.77. The number of hydrogen-bond donors (Lipinski definition) is 2. The largest absolute Gasteiger partial charge is 0.493 e. The van der Waals surface area contributed by atoms with Crippen LogP contribution in [0.1, 0.15) is 34.6 Å². The van der Waals surface area contributed by atoms with Crippen LogP contribution in [0.4, 0.5) is 0 Å². The molecule has 0 radical (unpaired) electrons. The van der Waals surface area contributed by atoms with Crippen LogP contribution in [0.5, 0.6) is 23.0 Å². The van der Waals surface area contributed by atoms with E-state index in [2.05, 4.69) is 10.9 Å². The van der Waals surface area contributed by atoms with Gasteiger partial charge in [0, 0.05) is 5.56 Å². The van der Waals surface area contributed by atoms with Crippen molar-refractivity contribution in [2.45, 2.75) is 20.0 Å². The number of carbonyl (C=O) groups excluding carboxylic acids is 2. The normalized spacial score (nSPS) is 10.3. The first-order valence-electron chi connectivity index (χ1n) is 9.75. The zero-order chi connectivity index (χ0) is 22.2. The number of carbonyl (C=O) groups is 2. The Bertz CT molecular complexity index is 1050. The molecule has 0 saturated carbocycles. The van der Waals surface area contributed by atoms with Crippen molar-refractivity contribution in [3.63, 3.8) is 0 Å². The maximum atomic E-state index is 12.6. The average molecular weight is 420 g/mol. The van der Waals surface area contributed by atoms with Gasteiger partial charge >= 0.3 is 0 Å². The van der Waals surface area contributed by atoms with Gasteiger partial charge in [-0.3, -0.25) is 20.4 Å². The number of ether oxygens (including phenoxy) is 3. The number of benzene rings is 3. The summed E-state index contributed by atoms with van der Waals surface area (Å²) in [6, 6.07) is 20.7. The van der Waals surface area contributed by atoms with Gasteiger partial charge in [-0.15, -0.1) is 0 Å². The van der Waals surface area contributed by atoms with Gasteiger partial charge in [-0.2, -0.15) is 0 Å². The number of methoxy groups -OCH3 is 1. The van der Waals surface area contributed by atoms with E-state index in [0.717, 1.165) is 0 Å². The molecule has 0 aliphatic heterocycles. The van der Waals surface area contributed by atoms with Gasteiger partial charge in [0.25, 0.3) is 11.8 Å². The Morgan fingerprint density at radius 1 is 0.774 bits per heavy atom. The molecule has 7 heteroatoms. The minimum absolute atomic E-state index is 0.0361. The van der Waals surface area contributed by atoms with E-state index in [4.69, 9.17) is 14.2 Å². The number of hydrazine groups is 1. The van der Waals surface area contributed by atoms with Crippen LogP contribution in [0.25, 0.3) is 0 Å². The highest BCUT2D eigenvalue weighted by Crippen LogP contribution is 2.29. The van der Waals surface area contributed by atoms with Gasteiger partial charge in [-0.1, -0.05) is 30.3 Å². The Hall–Kier alpha value is -4.00. The molecule has 2 N–H and O–H groups in total. The van der Waals surface area contributed by atoms with Crippen molar-refractivity contribution < 1.29 is 23.8 Å². The summed E-state index contributed by atoms with van der Waals surface area (Å²) in [5.74, 6) is 0.926. The molecule has 0 saturated heterocycles. The molecule has 0 bridgehead atoms. The first-order chi connectivity index (χ1) is 15.0. The Labute approximate surface area is 180 Å². The van der Waals surface area contributed by atoms with E-state index in [1.165, 1.54) is 7.11 Å². The number of para-hydroxylation sites is 2. The molecule has 160 valence electrons. The number of rotatable bonds is 7. The van der Waals surface area contributed by atoms with E-state index in [1.54, 1.807) is 54.6 Å². The van der Waals surface area contributed by atoms with Crippen molar-refractivity contribution in [2.24, 2.45) is 0 Å². The van der Waals surface area contributed by atoms with Crippen LogP contribution in [0.2, 0.25) is 0 Å². The maximum absolute atomic E-state index is 12.6. The minimum Gasteiger partial charge on any atom is -0.493 e. The third-order valence-corrected chi connectivity index (χ3v) is 4.18. The predicted octanol–water partition coefficient (Wildman–Crippen LogP) is 4.35. The van der Waals surface area contributed by atoms with Crippen molar-refractivity contribution in [1.29, 1.82) is 0 Å². The van der Waals surface area contributed by atoms with Crippen LogP contribution in [0.15, 0.2) is 72.8 Å². The first kappa shape index (κ1) is 21.7.